The molecule has 0 aliphatic carbocycles. The molecule has 1 fully saturated rings. The number of carboxylic acids is 1. The molecule has 1 aliphatic heterocycles. The van der Waals surface area contributed by atoms with Crippen molar-refractivity contribution < 1.29 is 24.0 Å². The number of aliphatic carboxylic acids is 1. The minimum absolute atomic E-state index is 0.312. The minimum atomic E-state index is -1.29. The molecule has 0 saturated carbocycles. The second-order valence-corrected chi connectivity index (χ2v) is 7.77. The van der Waals surface area contributed by atoms with Crippen molar-refractivity contribution in [3.8, 4) is 0 Å². The molecule has 1 aliphatic rings. The number of amides is 1. The fourth-order valence-electron chi connectivity index (χ4n) is 3.91. The van der Waals surface area contributed by atoms with Crippen LogP contribution in [0.5, 0.6) is 0 Å². The van der Waals surface area contributed by atoms with Crippen LogP contribution >= 0.6 is 0 Å². The van der Waals surface area contributed by atoms with E-state index in [9.17, 15) is 19.5 Å². The molecule has 0 N–H and O–H groups in total. The Hall–Kier alpha value is -2.08. The Bertz CT molecular complexity index is 686. The molecule has 2 heterocycles. The molecule has 6 heteroatoms. The summed E-state index contributed by atoms with van der Waals surface area (Å²) < 4.78 is -0.359. The number of hydrogen-bond acceptors (Lipinski definition) is 5. The van der Waals surface area contributed by atoms with Crippen LogP contribution in [0.1, 0.15) is 58.6 Å². The molecule has 6 nitrogen and oxygen atoms in total. The number of rotatable bonds is 7. The molecular formula is C20H28N2O4. The summed E-state index contributed by atoms with van der Waals surface area (Å²) >= 11 is 0. The van der Waals surface area contributed by atoms with Crippen molar-refractivity contribution in [3.05, 3.63) is 30.1 Å². The van der Waals surface area contributed by atoms with E-state index in [4.69, 9.17) is 0 Å². The van der Waals surface area contributed by atoms with E-state index in [1.54, 1.807) is 38.2 Å². The largest absolute Gasteiger partial charge is 0.544 e. The predicted octanol–water partition coefficient (Wildman–Crippen LogP) is 1.45. The highest BCUT2D eigenvalue weighted by molar-refractivity contribution is 6.35. The fraction of sp³-hybridized carbons (Fsp3) is 0.600. The third-order valence-electron chi connectivity index (χ3n) is 5.78. The average molecular weight is 360 g/mol. The van der Waals surface area contributed by atoms with Crippen LogP contribution in [0.15, 0.2) is 24.4 Å². The predicted molar refractivity (Wildman–Crippen MR) is 94.8 cm³/mol. The Balaban J connectivity index is 2.50. The van der Waals surface area contributed by atoms with Gasteiger partial charge in [-0.05, 0) is 25.0 Å². The molecule has 26 heavy (non-hydrogen) atoms. The van der Waals surface area contributed by atoms with Gasteiger partial charge in [-0.3, -0.25) is 9.78 Å². The van der Waals surface area contributed by atoms with Crippen molar-refractivity contribution in [2.24, 2.45) is 5.41 Å². The first kappa shape index (κ1) is 20.2. The normalized spacial score (nSPS) is 25.8. The van der Waals surface area contributed by atoms with E-state index >= 15 is 0 Å². The Labute approximate surface area is 154 Å². The summed E-state index contributed by atoms with van der Waals surface area (Å²) in [7, 11) is 0. The number of carbonyl (C=O) groups is 3. The first-order valence-electron chi connectivity index (χ1n) is 9.29. The molecule has 1 amide bonds. The zero-order valence-corrected chi connectivity index (χ0v) is 16.0. The van der Waals surface area contributed by atoms with Gasteiger partial charge in [0.15, 0.2) is 0 Å². The van der Waals surface area contributed by atoms with E-state index in [-0.39, 0.29) is 4.48 Å². The number of carbonyl (C=O) groups excluding carboxylic acids is 3. The van der Waals surface area contributed by atoms with Gasteiger partial charge in [0.2, 0.25) is 0 Å². The third kappa shape index (κ3) is 3.43. The Morgan fingerprint density at radius 3 is 2.46 bits per heavy atom. The number of pyridine rings is 1. The summed E-state index contributed by atoms with van der Waals surface area (Å²) in [6.45, 7) is 7.84. The summed E-state index contributed by atoms with van der Waals surface area (Å²) in [5.41, 5.74) is -0.178. The molecule has 3 atom stereocenters. The van der Waals surface area contributed by atoms with Gasteiger partial charge in [-0.1, -0.05) is 33.8 Å². The summed E-state index contributed by atoms with van der Waals surface area (Å²) in [5.74, 6) is -2.83. The maximum absolute atomic E-state index is 13.3. The fourth-order valence-corrected chi connectivity index (χ4v) is 3.91. The molecule has 1 aromatic rings. The number of likely N-dealkylation sites (tertiary alicyclic amines) is 1. The van der Waals surface area contributed by atoms with Gasteiger partial charge in [-0.2, -0.15) is 0 Å². The average Bonchev–Trinajstić information content (AvgIpc) is 3.02. The smallest absolute Gasteiger partial charge is 0.382 e. The van der Waals surface area contributed by atoms with Crippen molar-refractivity contribution >= 4 is 17.7 Å². The van der Waals surface area contributed by atoms with Crippen LogP contribution in [0.3, 0.4) is 0 Å². The van der Waals surface area contributed by atoms with Crippen LogP contribution < -0.4 is 5.11 Å². The van der Waals surface area contributed by atoms with Crippen LogP contribution in [-0.4, -0.2) is 46.3 Å². The van der Waals surface area contributed by atoms with Crippen LogP contribution in [0.25, 0.3) is 0 Å². The molecule has 1 saturated heterocycles. The molecule has 142 valence electrons. The lowest BCUT2D eigenvalue weighted by Gasteiger charge is -2.39. The van der Waals surface area contributed by atoms with E-state index in [0.717, 1.165) is 0 Å². The van der Waals surface area contributed by atoms with Gasteiger partial charge in [0, 0.05) is 18.0 Å². The molecular weight excluding hydrogens is 332 g/mol. The van der Waals surface area contributed by atoms with Gasteiger partial charge in [-0.15, -0.1) is 0 Å². The van der Waals surface area contributed by atoms with Crippen LogP contribution in [0.4, 0.5) is 0 Å². The first-order valence-corrected chi connectivity index (χ1v) is 9.29. The van der Waals surface area contributed by atoms with E-state index in [1.165, 1.54) is 0 Å². The van der Waals surface area contributed by atoms with Crippen molar-refractivity contribution in [1.82, 2.24) is 4.98 Å². The second-order valence-electron chi connectivity index (χ2n) is 7.77. The number of aromatic nitrogens is 1. The van der Waals surface area contributed by atoms with Gasteiger partial charge in [0.05, 0.1) is 24.7 Å². The highest BCUT2D eigenvalue weighted by Crippen LogP contribution is 2.40. The lowest BCUT2D eigenvalue weighted by molar-refractivity contribution is -0.858. The summed E-state index contributed by atoms with van der Waals surface area (Å²) in [6.07, 6.45) is 3.22. The summed E-state index contributed by atoms with van der Waals surface area (Å²) in [6, 6.07) is 4.25. The van der Waals surface area contributed by atoms with Crippen molar-refractivity contribution in [2.75, 3.05) is 13.1 Å². The highest BCUT2D eigenvalue weighted by atomic mass is 16.4. The van der Waals surface area contributed by atoms with Gasteiger partial charge in [-0.25, -0.2) is 9.28 Å². The number of nitrogens with zero attached hydrogens (tertiary/aromatic N) is 2. The molecule has 0 radical (unpaired) electrons. The molecule has 0 aromatic carbocycles. The lowest BCUT2D eigenvalue weighted by Crippen LogP contribution is -2.65. The third-order valence-corrected chi connectivity index (χ3v) is 5.78. The first-order chi connectivity index (χ1) is 12.2. The van der Waals surface area contributed by atoms with E-state index in [2.05, 4.69) is 4.98 Å². The topological polar surface area (TPSA) is 87.2 Å². The molecule has 0 bridgehead atoms. The van der Waals surface area contributed by atoms with Crippen LogP contribution in [-0.2, 0) is 14.4 Å². The molecule has 1 aromatic heterocycles. The lowest BCUT2D eigenvalue weighted by atomic mass is 9.83. The molecule has 3 unspecified atom stereocenters. The van der Waals surface area contributed by atoms with Gasteiger partial charge < -0.3 is 9.90 Å². The van der Waals surface area contributed by atoms with Crippen molar-refractivity contribution in [1.29, 1.82) is 0 Å². The zero-order valence-electron chi connectivity index (χ0n) is 16.0. The summed E-state index contributed by atoms with van der Waals surface area (Å²) in [4.78, 5) is 42.5. The van der Waals surface area contributed by atoms with Gasteiger partial charge in [0.1, 0.15) is 12.0 Å². The monoisotopic (exact) mass is 360 g/mol. The number of carboxylic acid groups (broad SMARTS) is 1. The standard InChI is InChI=1S/C20H28N2O4/c1-5-12-22(18(24)17(23)20(3,4)6-2)13-10-14(16(22)19(25)26)15-9-7-8-11-21-15/h7-9,11,14,16H,5-6,10,12-13H2,1-4H3. The van der Waals surface area contributed by atoms with E-state index in [1.807, 2.05) is 13.8 Å². The van der Waals surface area contributed by atoms with Crippen LogP contribution in [0, 0.1) is 5.41 Å². The highest BCUT2D eigenvalue weighted by Gasteiger charge is 2.57. The van der Waals surface area contributed by atoms with Gasteiger partial charge in [0.25, 0.3) is 5.78 Å². The number of ketones is 1. The zero-order chi connectivity index (χ0) is 19.5. The Kier molecular flexibility index (Phi) is 5.96. The number of quaternary nitrogens is 1. The number of hydrogen-bond donors (Lipinski definition) is 0. The number of Topliss-reactive ketones (excluding diaryl/α,β-unsaturated/α-hetero) is 1. The SMILES string of the molecule is CCC[N+]1(C(=O)C(=O)C(C)(C)CC)CCC(c2ccccn2)C1C(=O)[O-]. The Morgan fingerprint density at radius 2 is 1.96 bits per heavy atom. The van der Waals surface area contributed by atoms with Crippen molar-refractivity contribution in [3.63, 3.8) is 0 Å². The molecule has 0 spiro atoms. The summed E-state index contributed by atoms with van der Waals surface area (Å²) in [5, 5.41) is 12.1. The van der Waals surface area contributed by atoms with E-state index < -0.39 is 35.0 Å². The Morgan fingerprint density at radius 1 is 1.27 bits per heavy atom. The quantitative estimate of drug-likeness (QED) is 0.542. The van der Waals surface area contributed by atoms with Crippen molar-refractivity contribution in [2.45, 2.75) is 58.9 Å². The molecule has 2 rings (SSSR count). The van der Waals surface area contributed by atoms with Gasteiger partial charge >= 0.3 is 5.91 Å². The van der Waals surface area contributed by atoms with E-state index in [0.29, 0.717) is 38.0 Å². The second kappa shape index (κ2) is 7.66. The maximum Gasteiger partial charge on any atom is 0.382 e. The minimum Gasteiger partial charge on any atom is -0.544 e. The maximum atomic E-state index is 13.3. The van der Waals surface area contributed by atoms with Crippen LogP contribution in [0.2, 0.25) is 0 Å².